The van der Waals surface area contributed by atoms with Gasteiger partial charge in [-0.25, -0.2) is 4.39 Å². The number of para-hydroxylation sites is 2. The molecule has 0 saturated heterocycles. The van der Waals surface area contributed by atoms with Crippen molar-refractivity contribution in [1.82, 2.24) is 0 Å². The maximum atomic E-state index is 13.4. The van der Waals surface area contributed by atoms with E-state index in [0.717, 1.165) is 17.7 Å². The lowest BCUT2D eigenvalue weighted by atomic mass is 10.1. The Morgan fingerprint density at radius 2 is 1.89 bits per heavy atom. The van der Waals surface area contributed by atoms with Crippen molar-refractivity contribution in [2.24, 2.45) is 0 Å². The van der Waals surface area contributed by atoms with Gasteiger partial charge in [-0.3, -0.25) is 0 Å². The lowest BCUT2D eigenvalue weighted by Crippen LogP contribution is -2.02. The van der Waals surface area contributed by atoms with Crippen molar-refractivity contribution in [3.63, 3.8) is 0 Å². The molecule has 0 bridgehead atoms. The van der Waals surface area contributed by atoms with Crippen molar-refractivity contribution in [3.8, 4) is 0 Å². The van der Waals surface area contributed by atoms with E-state index < -0.39 is 5.82 Å². The molecule has 2 rings (SSSR count). The number of halogens is 1. The molecule has 3 heteroatoms. The minimum atomic E-state index is -0.397. The largest absolute Gasteiger partial charge is 0.395 e. The average Bonchev–Trinajstić information content (AvgIpc) is 2.37. The Balaban J connectivity index is 2.43. The quantitative estimate of drug-likeness (QED) is 0.800. The van der Waals surface area contributed by atoms with E-state index in [1.54, 1.807) is 12.1 Å². The zero-order valence-electron chi connectivity index (χ0n) is 10.6. The van der Waals surface area contributed by atoms with Crippen LogP contribution in [-0.2, 0) is 6.42 Å². The second kappa shape index (κ2) is 5.08. The monoisotopic (exact) mass is 244 g/mol. The predicted molar refractivity (Wildman–Crippen MR) is 74.7 cm³/mol. The zero-order chi connectivity index (χ0) is 13.1. The van der Waals surface area contributed by atoms with Crippen molar-refractivity contribution in [3.05, 3.63) is 53.3 Å². The van der Waals surface area contributed by atoms with Gasteiger partial charge in [0.25, 0.3) is 0 Å². The molecule has 0 aliphatic carbocycles. The van der Waals surface area contributed by atoms with E-state index in [9.17, 15) is 4.39 Å². The van der Waals surface area contributed by atoms with E-state index >= 15 is 0 Å². The summed E-state index contributed by atoms with van der Waals surface area (Å²) in [7, 11) is 0. The van der Waals surface area contributed by atoms with Gasteiger partial charge >= 0.3 is 0 Å². The molecule has 0 radical (unpaired) electrons. The van der Waals surface area contributed by atoms with Gasteiger partial charge in [0, 0.05) is 5.69 Å². The van der Waals surface area contributed by atoms with Crippen LogP contribution in [-0.4, -0.2) is 0 Å². The molecule has 2 aromatic carbocycles. The van der Waals surface area contributed by atoms with E-state index in [-0.39, 0.29) is 5.69 Å². The molecule has 2 nitrogen and oxygen atoms in total. The lowest BCUT2D eigenvalue weighted by Gasteiger charge is -2.15. The Labute approximate surface area is 107 Å². The van der Waals surface area contributed by atoms with Crippen molar-refractivity contribution >= 4 is 17.1 Å². The van der Waals surface area contributed by atoms with Gasteiger partial charge in [0.2, 0.25) is 0 Å². The molecule has 2 aromatic rings. The summed E-state index contributed by atoms with van der Waals surface area (Å²) in [6.07, 6.45) is 0.916. The molecule has 3 N–H and O–H groups in total. The highest BCUT2D eigenvalue weighted by Gasteiger charge is 2.08. The van der Waals surface area contributed by atoms with Gasteiger partial charge in [-0.2, -0.15) is 0 Å². The van der Waals surface area contributed by atoms with Gasteiger partial charge < -0.3 is 11.1 Å². The summed E-state index contributed by atoms with van der Waals surface area (Å²) in [5.41, 5.74) is 9.83. The fourth-order valence-corrected chi connectivity index (χ4v) is 1.98. The first-order valence-electron chi connectivity index (χ1n) is 6.03. The van der Waals surface area contributed by atoms with Crippen LogP contribution in [0, 0.1) is 12.7 Å². The number of aryl methyl sites for hydroxylation is 2. The first-order chi connectivity index (χ1) is 8.63. The minimum absolute atomic E-state index is 0.155. The smallest absolute Gasteiger partial charge is 0.148 e. The van der Waals surface area contributed by atoms with Crippen LogP contribution in [0.1, 0.15) is 18.1 Å². The summed E-state index contributed by atoms with van der Waals surface area (Å²) in [6.45, 7) is 4.12. The number of rotatable bonds is 3. The second-order valence-corrected chi connectivity index (χ2v) is 4.29. The summed E-state index contributed by atoms with van der Waals surface area (Å²) in [5.74, 6) is -0.397. The molecule has 0 spiro atoms. The van der Waals surface area contributed by atoms with Crippen LogP contribution in [0.25, 0.3) is 0 Å². The molecule has 0 saturated carbocycles. The molecule has 0 aliphatic rings. The van der Waals surface area contributed by atoms with Crippen LogP contribution < -0.4 is 11.1 Å². The van der Waals surface area contributed by atoms with Crippen LogP contribution in [0.15, 0.2) is 36.4 Å². The molecule has 0 aliphatic heterocycles. The Hall–Kier alpha value is -2.03. The molecule has 0 amide bonds. The van der Waals surface area contributed by atoms with Gasteiger partial charge in [0.15, 0.2) is 0 Å². The summed E-state index contributed by atoms with van der Waals surface area (Å²) in [4.78, 5) is 0. The molecular formula is C15H17FN2. The first-order valence-corrected chi connectivity index (χ1v) is 6.03. The fraction of sp³-hybridized carbons (Fsp3) is 0.200. The molecule has 18 heavy (non-hydrogen) atoms. The predicted octanol–water partition coefficient (Wildman–Crippen LogP) is 4.02. The van der Waals surface area contributed by atoms with Crippen LogP contribution in [0.5, 0.6) is 0 Å². The third-order valence-corrected chi connectivity index (χ3v) is 3.05. The first kappa shape index (κ1) is 12.4. The highest BCUT2D eigenvalue weighted by Crippen LogP contribution is 2.29. The highest BCUT2D eigenvalue weighted by atomic mass is 19.1. The number of nitrogens with one attached hydrogen (secondary N) is 1. The number of hydrogen-bond acceptors (Lipinski definition) is 2. The Morgan fingerprint density at radius 1 is 1.17 bits per heavy atom. The van der Waals surface area contributed by atoms with Gasteiger partial charge in [-0.1, -0.05) is 31.2 Å². The zero-order valence-corrected chi connectivity index (χ0v) is 10.6. The minimum Gasteiger partial charge on any atom is -0.395 e. The molecule has 94 valence electrons. The van der Waals surface area contributed by atoms with Crippen molar-refractivity contribution < 1.29 is 4.39 Å². The topological polar surface area (TPSA) is 38.0 Å². The van der Waals surface area contributed by atoms with Crippen molar-refractivity contribution in [2.45, 2.75) is 20.3 Å². The van der Waals surface area contributed by atoms with Gasteiger partial charge in [0.05, 0.1) is 11.4 Å². The SMILES string of the molecule is CCc1cccc(C)c1Nc1cccc(F)c1N. The second-order valence-electron chi connectivity index (χ2n) is 4.29. The van der Waals surface area contributed by atoms with E-state index in [2.05, 4.69) is 18.3 Å². The molecule has 0 heterocycles. The van der Waals surface area contributed by atoms with Gasteiger partial charge in [-0.15, -0.1) is 0 Å². The van der Waals surface area contributed by atoms with Crippen LogP contribution in [0.3, 0.4) is 0 Å². The van der Waals surface area contributed by atoms with E-state index in [0.29, 0.717) is 5.69 Å². The Bertz CT molecular complexity index is 564. The number of benzene rings is 2. The number of hydrogen-bond donors (Lipinski definition) is 2. The average molecular weight is 244 g/mol. The number of anilines is 3. The van der Waals surface area contributed by atoms with Crippen LogP contribution in [0.2, 0.25) is 0 Å². The molecule has 0 fully saturated rings. The normalized spacial score (nSPS) is 10.4. The molecule has 0 aromatic heterocycles. The Kier molecular flexibility index (Phi) is 3.51. The number of nitrogen functional groups attached to an aromatic ring is 1. The Morgan fingerprint density at radius 3 is 2.61 bits per heavy atom. The maximum absolute atomic E-state index is 13.4. The molecule has 0 unspecified atom stereocenters. The van der Waals surface area contributed by atoms with E-state index in [1.165, 1.54) is 11.6 Å². The van der Waals surface area contributed by atoms with Crippen molar-refractivity contribution in [2.75, 3.05) is 11.1 Å². The third-order valence-electron chi connectivity index (χ3n) is 3.05. The summed E-state index contributed by atoms with van der Waals surface area (Å²) < 4.78 is 13.4. The lowest BCUT2D eigenvalue weighted by molar-refractivity contribution is 0.633. The van der Waals surface area contributed by atoms with Crippen LogP contribution >= 0.6 is 0 Å². The standard InChI is InChI=1S/C15H17FN2/c1-3-11-7-4-6-10(2)15(11)18-13-9-5-8-12(16)14(13)17/h4-9,18H,3,17H2,1-2H3. The van der Waals surface area contributed by atoms with Gasteiger partial charge in [0.1, 0.15) is 5.82 Å². The highest BCUT2D eigenvalue weighted by molar-refractivity contribution is 5.75. The van der Waals surface area contributed by atoms with E-state index in [1.807, 2.05) is 19.1 Å². The molecular weight excluding hydrogens is 227 g/mol. The summed E-state index contributed by atoms with van der Waals surface area (Å²) >= 11 is 0. The maximum Gasteiger partial charge on any atom is 0.148 e. The third kappa shape index (κ3) is 2.30. The fourth-order valence-electron chi connectivity index (χ4n) is 1.98. The molecule has 0 atom stereocenters. The van der Waals surface area contributed by atoms with E-state index in [4.69, 9.17) is 5.73 Å². The van der Waals surface area contributed by atoms with Crippen molar-refractivity contribution in [1.29, 1.82) is 0 Å². The number of nitrogens with two attached hydrogens (primary N) is 1. The summed E-state index contributed by atoms with van der Waals surface area (Å²) in [5, 5.41) is 3.24. The van der Waals surface area contributed by atoms with Crippen LogP contribution in [0.4, 0.5) is 21.5 Å². The summed E-state index contributed by atoms with van der Waals surface area (Å²) in [6, 6.07) is 10.9. The van der Waals surface area contributed by atoms with Gasteiger partial charge in [-0.05, 0) is 36.6 Å².